The quantitative estimate of drug-likeness (QED) is 0.524. The molecule has 0 aromatic carbocycles. The first-order valence-corrected chi connectivity index (χ1v) is 3.18. The summed E-state index contributed by atoms with van der Waals surface area (Å²) in [5.41, 5.74) is 0. The average molecular weight is 134 g/mol. The van der Waals surface area contributed by atoms with Crippen molar-refractivity contribution in [3.05, 3.63) is 0 Å². The number of aliphatic hydroxyl groups is 1. The molecule has 2 fully saturated rings. The van der Waals surface area contributed by atoms with Crippen LogP contribution in [0.4, 0.5) is 8.78 Å². The zero-order valence-corrected chi connectivity index (χ0v) is 4.85. The molecule has 0 aromatic rings. The molecule has 3 heteroatoms. The molecule has 0 heterocycles. The Morgan fingerprint density at radius 3 is 2.00 bits per heavy atom. The highest BCUT2D eigenvalue weighted by molar-refractivity contribution is 5.11. The van der Waals surface area contributed by atoms with Gasteiger partial charge in [0.05, 0.1) is 6.10 Å². The third-order valence-electron chi connectivity index (χ3n) is 2.42. The first-order valence-electron chi connectivity index (χ1n) is 3.18. The minimum atomic E-state index is -2.42. The van der Waals surface area contributed by atoms with E-state index in [-0.39, 0.29) is 0 Å². The summed E-state index contributed by atoms with van der Waals surface area (Å²) >= 11 is 0. The van der Waals surface area contributed by atoms with Crippen LogP contribution < -0.4 is 0 Å². The summed E-state index contributed by atoms with van der Waals surface area (Å²) in [7, 11) is 0. The molecule has 0 saturated heterocycles. The molecule has 0 amide bonds. The van der Waals surface area contributed by atoms with E-state index in [0.29, 0.717) is 12.8 Å². The third-order valence-corrected chi connectivity index (χ3v) is 2.42. The van der Waals surface area contributed by atoms with Gasteiger partial charge in [-0.3, -0.25) is 0 Å². The Morgan fingerprint density at radius 2 is 1.67 bits per heavy atom. The van der Waals surface area contributed by atoms with Crippen molar-refractivity contribution in [2.75, 3.05) is 0 Å². The molecule has 1 nitrogen and oxygen atoms in total. The van der Waals surface area contributed by atoms with Crippen LogP contribution in [0.2, 0.25) is 0 Å². The second-order valence-electron chi connectivity index (χ2n) is 3.01. The Hall–Kier alpha value is -0.180. The summed E-state index contributed by atoms with van der Waals surface area (Å²) in [6, 6.07) is 0. The normalized spacial score (nSPS) is 53.0. The summed E-state index contributed by atoms with van der Waals surface area (Å²) in [4.78, 5) is 0. The zero-order chi connectivity index (χ0) is 6.65. The molecular weight excluding hydrogens is 126 g/mol. The van der Waals surface area contributed by atoms with E-state index in [4.69, 9.17) is 5.11 Å². The number of hydrogen-bond acceptors (Lipinski definition) is 1. The van der Waals surface area contributed by atoms with E-state index in [0.717, 1.165) is 0 Å². The molecule has 1 N–H and O–H groups in total. The Bertz CT molecular complexity index is 132. The fraction of sp³-hybridized carbons (Fsp3) is 1.00. The lowest BCUT2D eigenvalue weighted by Crippen LogP contribution is -2.10. The smallest absolute Gasteiger partial charge is 0.254 e. The zero-order valence-electron chi connectivity index (χ0n) is 4.85. The Labute approximate surface area is 51.7 Å². The summed E-state index contributed by atoms with van der Waals surface area (Å²) in [6.45, 7) is 0. The van der Waals surface area contributed by atoms with Crippen LogP contribution in [-0.2, 0) is 0 Å². The molecular formula is C6H8F2O. The van der Waals surface area contributed by atoms with Crippen LogP contribution in [0.15, 0.2) is 0 Å². The van der Waals surface area contributed by atoms with Gasteiger partial charge in [-0.25, -0.2) is 8.78 Å². The molecule has 2 rings (SSSR count). The second-order valence-corrected chi connectivity index (χ2v) is 3.01. The molecule has 2 unspecified atom stereocenters. The summed E-state index contributed by atoms with van der Waals surface area (Å²) < 4.78 is 24.6. The van der Waals surface area contributed by atoms with E-state index in [9.17, 15) is 8.78 Å². The summed E-state index contributed by atoms with van der Waals surface area (Å²) in [5.74, 6) is -3.38. The summed E-state index contributed by atoms with van der Waals surface area (Å²) in [6.07, 6.45) is 0.189. The van der Waals surface area contributed by atoms with E-state index in [1.807, 2.05) is 0 Å². The van der Waals surface area contributed by atoms with E-state index < -0.39 is 23.9 Å². The van der Waals surface area contributed by atoms with Crippen LogP contribution in [0, 0.1) is 11.8 Å². The van der Waals surface area contributed by atoms with Gasteiger partial charge in [-0.2, -0.15) is 0 Å². The van der Waals surface area contributed by atoms with Gasteiger partial charge in [-0.15, -0.1) is 0 Å². The molecule has 2 aliphatic carbocycles. The minimum absolute atomic E-state index is 0.317. The fourth-order valence-electron chi connectivity index (χ4n) is 1.79. The maximum atomic E-state index is 12.3. The number of hydrogen-bond donors (Lipinski definition) is 1. The van der Waals surface area contributed by atoms with Crippen molar-refractivity contribution in [1.82, 2.24) is 0 Å². The topological polar surface area (TPSA) is 20.2 Å². The molecule has 2 aliphatic rings. The molecule has 9 heavy (non-hydrogen) atoms. The first kappa shape index (κ1) is 5.59. The van der Waals surface area contributed by atoms with E-state index in [1.165, 1.54) is 0 Å². The molecule has 0 radical (unpaired) electrons. The third kappa shape index (κ3) is 0.556. The lowest BCUT2D eigenvalue weighted by Gasteiger charge is -2.05. The second kappa shape index (κ2) is 1.29. The van der Waals surface area contributed by atoms with E-state index in [1.54, 1.807) is 0 Å². The Morgan fingerprint density at radius 1 is 1.22 bits per heavy atom. The highest BCUT2D eigenvalue weighted by Crippen LogP contribution is 2.63. The number of aliphatic hydroxyl groups excluding tert-OH is 1. The number of rotatable bonds is 0. The van der Waals surface area contributed by atoms with Crippen LogP contribution in [0.3, 0.4) is 0 Å². The monoisotopic (exact) mass is 134 g/mol. The Balaban J connectivity index is 2.06. The largest absolute Gasteiger partial charge is 0.393 e. The van der Waals surface area contributed by atoms with Gasteiger partial charge in [0.2, 0.25) is 0 Å². The predicted octanol–water partition coefficient (Wildman–Crippen LogP) is 1.02. The Kier molecular flexibility index (Phi) is 0.799. The highest BCUT2D eigenvalue weighted by Gasteiger charge is 2.71. The summed E-state index contributed by atoms with van der Waals surface area (Å²) in [5, 5.41) is 8.83. The van der Waals surface area contributed by atoms with Gasteiger partial charge in [0.15, 0.2) is 0 Å². The number of halogens is 2. The van der Waals surface area contributed by atoms with Crippen molar-refractivity contribution in [3.8, 4) is 0 Å². The van der Waals surface area contributed by atoms with Gasteiger partial charge < -0.3 is 5.11 Å². The molecule has 0 aromatic heterocycles. The van der Waals surface area contributed by atoms with Gasteiger partial charge in [0, 0.05) is 11.8 Å². The van der Waals surface area contributed by atoms with Crippen molar-refractivity contribution in [3.63, 3.8) is 0 Å². The van der Waals surface area contributed by atoms with Crippen molar-refractivity contribution >= 4 is 0 Å². The lowest BCUT2D eigenvalue weighted by atomic mass is 10.2. The van der Waals surface area contributed by atoms with Gasteiger partial charge in [0.1, 0.15) is 0 Å². The SMILES string of the molecule is OC1CC2C(C1)C2(F)F. The first-order chi connectivity index (χ1) is 4.12. The van der Waals surface area contributed by atoms with Gasteiger partial charge >= 0.3 is 0 Å². The number of alkyl halides is 2. The molecule has 0 bridgehead atoms. The van der Waals surface area contributed by atoms with E-state index in [2.05, 4.69) is 0 Å². The van der Waals surface area contributed by atoms with Crippen molar-refractivity contribution in [2.45, 2.75) is 24.9 Å². The maximum absolute atomic E-state index is 12.3. The van der Waals surface area contributed by atoms with Crippen LogP contribution in [0.25, 0.3) is 0 Å². The van der Waals surface area contributed by atoms with Crippen LogP contribution >= 0.6 is 0 Å². The number of fused-ring (bicyclic) bond motifs is 1. The van der Waals surface area contributed by atoms with Crippen LogP contribution in [0.5, 0.6) is 0 Å². The molecule has 0 spiro atoms. The predicted molar refractivity (Wildman–Crippen MR) is 27.2 cm³/mol. The molecule has 52 valence electrons. The van der Waals surface area contributed by atoms with Gasteiger partial charge in [-0.05, 0) is 12.8 Å². The molecule has 0 aliphatic heterocycles. The maximum Gasteiger partial charge on any atom is 0.254 e. The minimum Gasteiger partial charge on any atom is -0.393 e. The standard InChI is InChI=1S/C6H8F2O/c7-6(8)4-1-3(9)2-5(4)6/h3-5,9H,1-2H2. The fourth-order valence-corrected chi connectivity index (χ4v) is 1.79. The molecule has 2 saturated carbocycles. The average Bonchev–Trinajstić information content (AvgIpc) is 2.27. The van der Waals surface area contributed by atoms with Crippen molar-refractivity contribution in [2.24, 2.45) is 11.8 Å². The van der Waals surface area contributed by atoms with Crippen LogP contribution in [0.1, 0.15) is 12.8 Å². The van der Waals surface area contributed by atoms with Crippen molar-refractivity contribution in [1.29, 1.82) is 0 Å². The lowest BCUT2D eigenvalue weighted by molar-refractivity contribution is 0.0406. The van der Waals surface area contributed by atoms with Crippen LogP contribution in [-0.4, -0.2) is 17.1 Å². The van der Waals surface area contributed by atoms with Gasteiger partial charge in [-0.1, -0.05) is 0 Å². The van der Waals surface area contributed by atoms with Crippen molar-refractivity contribution < 1.29 is 13.9 Å². The van der Waals surface area contributed by atoms with E-state index >= 15 is 0 Å². The van der Waals surface area contributed by atoms with Gasteiger partial charge in [0.25, 0.3) is 5.92 Å². The highest BCUT2D eigenvalue weighted by atomic mass is 19.3. The molecule has 2 atom stereocenters.